The van der Waals surface area contributed by atoms with Crippen LogP contribution in [0.1, 0.15) is 23.2 Å². The predicted molar refractivity (Wildman–Crippen MR) is 83.5 cm³/mol. The maximum Gasteiger partial charge on any atom is 0.390 e. The van der Waals surface area contributed by atoms with Crippen LogP contribution in [0, 0.1) is 5.92 Å². The first kappa shape index (κ1) is 17.6. The number of likely N-dealkylation sites (tertiary alicyclic amines) is 1. The zero-order valence-electron chi connectivity index (χ0n) is 13.1. The Hall–Kier alpha value is -1.76. The third-order valence-corrected chi connectivity index (χ3v) is 4.07. The van der Waals surface area contributed by atoms with Gasteiger partial charge in [-0.15, -0.1) is 0 Å². The first-order valence-electron chi connectivity index (χ1n) is 7.72. The molecule has 1 aliphatic rings. The van der Waals surface area contributed by atoms with Gasteiger partial charge in [-0.1, -0.05) is 0 Å². The molecule has 128 valence electrons. The zero-order chi connectivity index (χ0) is 16.9. The van der Waals surface area contributed by atoms with Crippen LogP contribution in [-0.4, -0.2) is 50.2 Å². The van der Waals surface area contributed by atoms with Crippen molar-refractivity contribution in [3.63, 3.8) is 0 Å². The van der Waals surface area contributed by atoms with E-state index >= 15 is 0 Å². The highest BCUT2D eigenvalue weighted by Gasteiger charge is 2.30. The smallest absolute Gasteiger partial charge is 0.388 e. The maximum absolute atomic E-state index is 12.2. The SMILES string of the molecule is CNc1ccc(C(=O)NC[C@H]2CCN(CCC(F)(F)F)C2)cc1. The summed E-state index contributed by atoms with van der Waals surface area (Å²) in [6.45, 7) is 1.80. The molecule has 0 saturated carbocycles. The van der Waals surface area contributed by atoms with Gasteiger partial charge in [0, 0.05) is 37.9 Å². The van der Waals surface area contributed by atoms with Gasteiger partial charge < -0.3 is 15.5 Å². The Balaban J connectivity index is 1.72. The quantitative estimate of drug-likeness (QED) is 0.843. The predicted octanol–water partition coefficient (Wildman–Crippen LogP) is 2.73. The summed E-state index contributed by atoms with van der Waals surface area (Å²) < 4.78 is 36.6. The number of hydrogen-bond acceptors (Lipinski definition) is 3. The van der Waals surface area contributed by atoms with Gasteiger partial charge in [0.2, 0.25) is 0 Å². The van der Waals surface area contributed by atoms with E-state index in [2.05, 4.69) is 10.6 Å². The molecule has 1 amide bonds. The molecule has 4 nitrogen and oxygen atoms in total. The van der Waals surface area contributed by atoms with E-state index in [4.69, 9.17) is 0 Å². The van der Waals surface area contributed by atoms with Crippen molar-refractivity contribution in [1.82, 2.24) is 10.2 Å². The van der Waals surface area contributed by atoms with E-state index in [-0.39, 0.29) is 18.4 Å². The third-order valence-electron chi connectivity index (χ3n) is 4.07. The first-order valence-corrected chi connectivity index (χ1v) is 7.72. The van der Waals surface area contributed by atoms with Gasteiger partial charge in [0.05, 0.1) is 6.42 Å². The average molecular weight is 329 g/mol. The van der Waals surface area contributed by atoms with E-state index < -0.39 is 12.6 Å². The second-order valence-electron chi connectivity index (χ2n) is 5.86. The van der Waals surface area contributed by atoms with Crippen molar-refractivity contribution < 1.29 is 18.0 Å². The molecule has 0 radical (unpaired) electrons. The molecule has 1 heterocycles. The zero-order valence-corrected chi connectivity index (χ0v) is 13.1. The van der Waals surface area contributed by atoms with Crippen LogP contribution in [0.25, 0.3) is 0 Å². The average Bonchev–Trinajstić information content (AvgIpc) is 2.98. The van der Waals surface area contributed by atoms with Crippen molar-refractivity contribution in [1.29, 1.82) is 0 Å². The number of nitrogens with one attached hydrogen (secondary N) is 2. The lowest BCUT2D eigenvalue weighted by atomic mass is 10.1. The van der Waals surface area contributed by atoms with Crippen LogP contribution in [0.3, 0.4) is 0 Å². The topological polar surface area (TPSA) is 44.4 Å². The lowest BCUT2D eigenvalue weighted by molar-refractivity contribution is -0.137. The molecular weight excluding hydrogens is 307 g/mol. The molecule has 0 unspecified atom stereocenters. The van der Waals surface area contributed by atoms with E-state index in [1.54, 1.807) is 19.2 Å². The molecule has 1 aromatic rings. The Labute approximate surface area is 134 Å². The van der Waals surface area contributed by atoms with Gasteiger partial charge in [-0.25, -0.2) is 0 Å². The van der Waals surface area contributed by atoms with E-state index in [0.29, 0.717) is 25.2 Å². The van der Waals surface area contributed by atoms with Crippen LogP contribution in [0.2, 0.25) is 0 Å². The van der Waals surface area contributed by atoms with Crippen LogP contribution in [0.15, 0.2) is 24.3 Å². The van der Waals surface area contributed by atoms with Crippen molar-refractivity contribution in [3.8, 4) is 0 Å². The van der Waals surface area contributed by atoms with E-state index in [1.165, 1.54) is 0 Å². The lowest BCUT2D eigenvalue weighted by Crippen LogP contribution is -2.31. The summed E-state index contributed by atoms with van der Waals surface area (Å²) in [6.07, 6.45) is -4.06. The fourth-order valence-electron chi connectivity index (χ4n) is 2.69. The standard InChI is InChI=1S/C16H22F3N3O/c1-20-14-4-2-13(3-5-14)15(23)21-10-12-6-8-22(11-12)9-7-16(17,18)19/h2-5,12,20H,6-11H2,1H3,(H,21,23)/t12-/m1/s1. The number of benzene rings is 1. The lowest BCUT2D eigenvalue weighted by Gasteiger charge is -2.17. The molecule has 0 spiro atoms. The summed E-state index contributed by atoms with van der Waals surface area (Å²) in [5.74, 6) is 0.0603. The Morgan fingerprint density at radius 3 is 2.61 bits per heavy atom. The van der Waals surface area contributed by atoms with Crippen LogP contribution < -0.4 is 10.6 Å². The van der Waals surface area contributed by atoms with Crippen molar-refractivity contribution in [3.05, 3.63) is 29.8 Å². The molecule has 23 heavy (non-hydrogen) atoms. The molecule has 0 bridgehead atoms. The van der Waals surface area contributed by atoms with Crippen molar-refractivity contribution >= 4 is 11.6 Å². The van der Waals surface area contributed by atoms with Crippen LogP contribution in [0.4, 0.5) is 18.9 Å². The number of nitrogens with zero attached hydrogens (tertiary/aromatic N) is 1. The fourth-order valence-corrected chi connectivity index (χ4v) is 2.69. The Morgan fingerprint density at radius 1 is 1.30 bits per heavy atom. The molecule has 7 heteroatoms. The molecular formula is C16H22F3N3O. The summed E-state index contributed by atoms with van der Waals surface area (Å²) in [6, 6.07) is 7.13. The number of carbonyl (C=O) groups is 1. The fraction of sp³-hybridized carbons (Fsp3) is 0.562. The van der Waals surface area contributed by atoms with Gasteiger partial charge in [0.1, 0.15) is 0 Å². The van der Waals surface area contributed by atoms with Crippen LogP contribution in [0.5, 0.6) is 0 Å². The van der Waals surface area contributed by atoms with Gasteiger partial charge in [0.25, 0.3) is 5.91 Å². The summed E-state index contributed by atoms with van der Waals surface area (Å²) in [4.78, 5) is 13.9. The second-order valence-corrected chi connectivity index (χ2v) is 5.86. The number of amides is 1. The Bertz CT molecular complexity index is 516. The maximum atomic E-state index is 12.2. The van der Waals surface area contributed by atoms with Crippen molar-refractivity contribution in [2.75, 3.05) is 38.5 Å². The number of halogens is 3. The number of rotatable bonds is 6. The molecule has 2 rings (SSSR count). The Morgan fingerprint density at radius 2 is 2.00 bits per heavy atom. The van der Waals surface area contributed by atoms with E-state index in [9.17, 15) is 18.0 Å². The summed E-state index contributed by atoms with van der Waals surface area (Å²) in [5, 5.41) is 5.84. The highest BCUT2D eigenvalue weighted by Crippen LogP contribution is 2.22. The van der Waals surface area contributed by atoms with Crippen LogP contribution >= 0.6 is 0 Å². The van der Waals surface area contributed by atoms with Gasteiger partial charge >= 0.3 is 6.18 Å². The minimum absolute atomic E-state index is 0.0411. The van der Waals surface area contributed by atoms with Crippen LogP contribution in [-0.2, 0) is 0 Å². The molecule has 1 fully saturated rings. The van der Waals surface area contributed by atoms with E-state index in [0.717, 1.165) is 12.1 Å². The van der Waals surface area contributed by atoms with Crippen molar-refractivity contribution in [2.45, 2.75) is 19.0 Å². The van der Waals surface area contributed by atoms with Crippen molar-refractivity contribution in [2.24, 2.45) is 5.92 Å². The molecule has 0 aliphatic carbocycles. The third kappa shape index (κ3) is 5.74. The molecule has 1 atom stereocenters. The van der Waals surface area contributed by atoms with E-state index in [1.807, 2.05) is 17.0 Å². The molecule has 1 saturated heterocycles. The summed E-state index contributed by atoms with van der Waals surface area (Å²) in [7, 11) is 1.81. The monoisotopic (exact) mass is 329 g/mol. The molecule has 1 aromatic carbocycles. The highest BCUT2D eigenvalue weighted by molar-refractivity contribution is 5.94. The van der Waals surface area contributed by atoms with Gasteiger partial charge in [0.15, 0.2) is 0 Å². The number of carbonyl (C=O) groups excluding carboxylic acids is 1. The highest BCUT2D eigenvalue weighted by atomic mass is 19.4. The minimum Gasteiger partial charge on any atom is -0.388 e. The second kappa shape index (κ2) is 7.68. The number of alkyl halides is 3. The minimum atomic E-state index is -4.11. The molecule has 1 aliphatic heterocycles. The van der Waals surface area contributed by atoms with Gasteiger partial charge in [-0.3, -0.25) is 4.79 Å². The number of hydrogen-bond donors (Lipinski definition) is 2. The number of anilines is 1. The Kier molecular flexibility index (Phi) is 5.87. The largest absolute Gasteiger partial charge is 0.390 e. The molecule has 2 N–H and O–H groups in total. The molecule has 0 aromatic heterocycles. The summed E-state index contributed by atoms with van der Waals surface area (Å²) >= 11 is 0. The first-order chi connectivity index (χ1) is 10.9. The summed E-state index contributed by atoms with van der Waals surface area (Å²) in [5.41, 5.74) is 1.51. The van der Waals surface area contributed by atoms with Gasteiger partial charge in [-0.2, -0.15) is 13.2 Å². The van der Waals surface area contributed by atoms with Gasteiger partial charge in [-0.05, 0) is 43.1 Å². The normalized spacial score (nSPS) is 18.9.